The van der Waals surface area contributed by atoms with Gasteiger partial charge in [0.2, 0.25) is 5.88 Å². The molecule has 0 saturated carbocycles. The van der Waals surface area contributed by atoms with Crippen molar-refractivity contribution in [2.45, 2.75) is 0 Å². The largest absolute Gasteiger partial charge is 0.480 e. The minimum atomic E-state index is -0.277. The number of hydrogen-bond acceptors (Lipinski definition) is 3. The Hall–Kier alpha value is -2.62. The summed E-state index contributed by atoms with van der Waals surface area (Å²) < 4.78 is 18.6. The predicted molar refractivity (Wildman–Crippen MR) is 78.0 cm³/mol. The molecule has 1 aromatic heterocycles. The van der Waals surface area contributed by atoms with Gasteiger partial charge in [0.25, 0.3) is 0 Å². The first kappa shape index (κ1) is 12.4. The van der Waals surface area contributed by atoms with Crippen molar-refractivity contribution in [1.29, 1.82) is 0 Å². The predicted octanol–water partition coefficient (Wildman–Crippen LogP) is 4.13. The molecule has 20 heavy (non-hydrogen) atoms. The number of nitrogens with zero attached hydrogens (tertiary/aromatic N) is 1. The lowest BCUT2D eigenvalue weighted by atomic mass is 10.1. The molecule has 3 nitrogen and oxygen atoms in total. The third-order valence-electron chi connectivity index (χ3n) is 3.05. The highest BCUT2D eigenvalue weighted by molar-refractivity contribution is 5.98. The van der Waals surface area contributed by atoms with Gasteiger partial charge in [0.1, 0.15) is 5.82 Å². The Bertz CT molecular complexity index is 753. The van der Waals surface area contributed by atoms with Crippen molar-refractivity contribution in [3.8, 4) is 5.88 Å². The topological polar surface area (TPSA) is 34.1 Å². The highest BCUT2D eigenvalue weighted by Crippen LogP contribution is 2.32. The van der Waals surface area contributed by atoms with Gasteiger partial charge in [-0.25, -0.2) is 9.37 Å². The number of fused-ring (bicyclic) bond motifs is 1. The molecular formula is C16H13FN2O. The lowest BCUT2D eigenvalue weighted by molar-refractivity contribution is 0.403. The van der Waals surface area contributed by atoms with E-state index in [1.165, 1.54) is 12.1 Å². The normalized spacial score (nSPS) is 10.5. The molecule has 0 radical (unpaired) electrons. The summed E-state index contributed by atoms with van der Waals surface area (Å²) in [5.74, 6) is 0.266. The summed E-state index contributed by atoms with van der Waals surface area (Å²) >= 11 is 0. The van der Waals surface area contributed by atoms with E-state index in [1.54, 1.807) is 19.4 Å². The quantitative estimate of drug-likeness (QED) is 0.775. The van der Waals surface area contributed by atoms with Crippen molar-refractivity contribution >= 4 is 22.1 Å². The third kappa shape index (κ3) is 2.28. The van der Waals surface area contributed by atoms with Crippen LogP contribution >= 0.6 is 0 Å². The molecule has 0 unspecified atom stereocenters. The van der Waals surface area contributed by atoms with Gasteiger partial charge in [-0.15, -0.1) is 0 Å². The van der Waals surface area contributed by atoms with E-state index in [0.29, 0.717) is 11.6 Å². The van der Waals surface area contributed by atoms with Crippen molar-refractivity contribution in [1.82, 2.24) is 4.98 Å². The molecule has 4 heteroatoms. The zero-order chi connectivity index (χ0) is 13.9. The van der Waals surface area contributed by atoms with Crippen LogP contribution in [0, 0.1) is 5.82 Å². The number of halogens is 1. The van der Waals surface area contributed by atoms with Gasteiger partial charge in [0.15, 0.2) is 0 Å². The Morgan fingerprint density at radius 3 is 2.75 bits per heavy atom. The highest BCUT2D eigenvalue weighted by atomic mass is 19.1. The van der Waals surface area contributed by atoms with Crippen LogP contribution in [0.15, 0.2) is 54.7 Å². The van der Waals surface area contributed by atoms with Crippen LogP contribution in [0.4, 0.5) is 15.8 Å². The zero-order valence-corrected chi connectivity index (χ0v) is 10.9. The maximum atomic E-state index is 13.3. The van der Waals surface area contributed by atoms with Gasteiger partial charge in [-0.05, 0) is 35.7 Å². The number of anilines is 2. The average Bonchev–Trinajstić information content (AvgIpc) is 2.47. The van der Waals surface area contributed by atoms with Gasteiger partial charge in [0, 0.05) is 11.9 Å². The van der Waals surface area contributed by atoms with E-state index in [1.807, 2.05) is 30.3 Å². The van der Waals surface area contributed by atoms with E-state index < -0.39 is 0 Å². The molecule has 0 saturated heterocycles. The van der Waals surface area contributed by atoms with Crippen LogP contribution in [0.5, 0.6) is 5.88 Å². The van der Waals surface area contributed by atoms with E-state index >= 15 is 0 Å². The first-order chi connectivity index (χ1) is 9.78. The number of ether oxygens (including phenoxy) is 1. The molecule has 0 bridgehead atoms. The summed E-state index contributed by atoms with van der Waals surface area (Å²) in [5, 5.41) is 5.09. The van der Waals surface area contributed by atoms with Crippen molar-refractivity contribution in [3.05, 3.63) is 60.5 Å². The molecule has 0 fully saturated rings. The molecule has 0 amide bonds. The molecule has 0 atom stereocenters. The monoisotopic (exact) mass is 268 g/mol. The SMILES string of the molecule is COc1nccc2cccc(Nc3cccc(F)c3)c12. The van der Waals surface area contributed by atoms with Crippen LogP contribution in [-0.2, 0) is 0 Å². The zero-order valence-electron chi connectivity index (χ0n) is 10.9. The van der Waals surface area contributed by atoms with Crippen LogP contribution in [0.2, 0.25) is 0 Å². The van der Waals surface area contributed by atoms with Gasteiger partial charge >= 0.3 is 0 Å². The fourth-order valence-corrected chi connectivity index (χ4v) is 2.18. The minimum Gasteiger partial charge on any atom is -0.480 e. The van der Waals surface area contributed by atoms with Crippen molar-refractivity contribution < 1.29 is 9.13 Å². The maximum Gasteiger partial charge on any atom is 0.223 e. The highest BCUT2D eigenvalue weighted by Gasteiger charge is 2.08. The van der Waals surface area contributed by atoms with E-state index in [-0.39, 0.29) is 5.82 Å². The summed E-state index contributed by atoms with van der Waals surface area (Å²) in [6, 6.07) is 14.1. The summed E-state index contributed by atoms with van der Waals surface area (Å²) in [4.78, 5) is 4.21. The Balaban J connectivity index is 2.11. The average molecular weight is 268 g/mol. The number of pyridine rings is 1. The van der Waals surface area contributed by atoms with Gasteiger partial charge in [-0.3, -0.25) is 0 Å². The fraction of sp³-hybridized carbons (Fsp3) is 0.0625. The standard InChI is InChI=1S/C16H13FN2O/c1-20-16-15-11(8-9-18-16)4-2-7-14(15)19-13-6-3-5-12(17)10-13/h2-10,19H,1H3. The molecule has 0 aliphatic heterocycles. The Labute approximate surface area is 116 Å². The van der Waals surface area contributed by atoms with Crippen LogP contribution in [-0.4, -0.2) is 12.1 Å². The molecule has 3 rings (SSSR count). The first-order valence-corrected chi connectivity index (χ1v) is 6.22. The summed E-state index contributed by atoms with van der Waals surface area (Å²) in [6.07, 6.45) is 1.70. The Morgan fingerprint density at radius 1 is 1.10 bits per heavy atom. The van der Waals surface area contributed by atoms with E-state index in [4.69, 9.17) is 4.74 Å². The fourth-order valence-electron chi connectivity index (χ4n) is 2.18. The molecular weight excluding hydrogens is 255 g/mol. The molecule has 3 aromatic rings. The Morgan fingerprint density at radius 2 is 1.95 bits per heavy atom. The second-order valence-corrected chi connectivity index (χ2v) is 4.36. The van der Waals surface area contributed by atoms with Gasteiger partial charge in [-0.2, -0.15) is 0 Å². The van der Waals surface area contributed by atoms with Crippen molar-refractivity contribution in [2.24, 2.45) is 0 Å². The van der Waals surface area contributed by atoms with Crippen LogP contribution < -0.4 is 10.1 Å². The van der Waals surface area contributed by atoms with Crippen molar-refractivity contribution in [3.63, 3.8) is 0 Å². The van der Waals surface area contributed by atoms with Gasteiger partial charge < -0.3 is 10.1 Å². The number of aromatic nitrogens is 1. The van der Waals surface area contributed by atoms with Crippen LogP contribution in [0.3, 0.4) is 0 Å². The minimum absolute atomic E-state index is 0.277. The van der Waals surface area contributed by atoms with E-state index in [9.17, 15) is 4.39 Å². The van der Waals surface area contributed by atoms with E-state index in [0.717, 1.165) is 16.5 Å². The number of benzene rings is 2. The number of nitrogens with one attached hydrogen (secondary N) is 1. The molecule has 0 aliphatic rings. The number of rotatable bonds is 3. The summed E-state index contributed by atoms with van der Waals surface area (Å²) in [6.45, 7) is 0. The maximum absolute atomic E-state index is 13.3. The molecule has 2 aromatic carbocycles. The number of methoxy groups -OCH3 is 1. The second kappa shape index (κ2) is 5.17. The van der Waals surface area contributed by atoms with Crippen molar-refractivity contribution in [2.75, 3.05) is 12.4 Å². The molecule has 100 valence electrons. The summed E-state index contributed by atoms with van der Waals surface area (Å²) in [7, 11) is 1.58. The van der Waals surface area contributed by atoms with Crippen LogP contribution in [0.25, 0.3) is 10.8 Å². The molecule has 0 aliphatic carbocycles. The molecule has 0 spiro atoms. The van der Waals surface area contributed by atoms with Crippen LogP contribution in [0.1, 0.15) is 0 Å². The Kier molecular flexibility index (Phi) is 3.21. The lowest BCUT2D eigenvalue weighted by Crippen LogP contribution is -1.95. The summed E-state index contributed by atoms with van der Waals surface area (Å²) in [5.41, 5.74) is 1.52. The lowest BCUT2D eigenvalue weighted by Gasteiger charge is -2.12. The first-order valence-electron chi connectivity index (χ1n) is 6.22. The third-order valence-corrected chi connectivity index (χ3v) is 3.05. The van der Waals surface area contributed by atoms with E-state index in [2.05, 4.69) is 10.3 Å². The number of hydrogen-bond donors (Lipinski definition) is 1. The van der Waals surface area contributed by atoms with Gasteiger partial charge in [-0.1, -0.05) is 18.2 Å². The molecule has 1 heterocycles. The van der Waals surface area contributed by atoms with Gasteiger partial charge in [0.05, 0.1) is 18.2 Å². The second-order valence-electron chi connectivity index (χ2n) is 4.36. The molecule has 1 N–H and O–H groups in total. The smallest absolute Gasteiger partial charge is 0.223 e.